The van der Waals surface area contributed by atoms with E-state index in [2.05, 4.69) is 10.7 Å². The molecule has 0 amide bonds. The first-order valence-electron chi connectivity index (χ1n) is 6.80. The normalized spacial score (nSPS) is 13.1. The average molecular weight is 311 g/mol. The van der Waals surface area contributed by atoms with Crippen molar-refractivity contribution < 1.29 is 19.1 Å². The van der Waals surface area contributed by atoms with Crippen molar-refractivity contribution in [1.82, 2.24) is 0 Å². The lowest BCUT2D eigenvalue weighted by atomic mass is 9.79. The minimum atomic E-state index is -1.63. The summed E-state index contributed by atoms with van der Waals surface area (Å²) >= 11 is 0. The molecule has 0 N–H and O–H groups in total. The van der Waals surface area contributed by atoms with Crippen molar-refractivity contribution in [2.45, 2.75) is 12.8 Å². The van der Waals surface area contributed by atoms with Crippen LogP contribution in [0.4, 0.5) is 0 Å². The molecule has 1 aromatic rings. The van der Waals surface area contributed by atoms with Gasteiger partial charge in [0.15, 0.2) is 5.41 Å². The third-order valence-electron chi connectivity index (χ3n) is 3.27. The number of carbonyl (C=O) groups excluding carboxylic acids is 2. The van der Waals surface area contributed by atoms with Crippen LogP contribution in [0, 0.1) is 29.1 Å². The molecule has 1 aromatic carbocycles. The number of esters is 2. The second-order valence-corrected chi connectivity index (χ2v) is 4.82. The molecule has 0 spiro atoms. The molecular weight excluding hydrogens is 294 g/mol. The zero-order valence-corrected chi connectivity index (χ0v) is 13.0. The van der Waals surface area contributed by atoms with Gasteiger partial charge in [0.1, 0.15) is 0 Å². The molecule has 0 aliphatic carbocycles. The SMILES string of the molecule is C#CCC(C#N)(C/C(=C/c1ccccc1)C(=O)OC)C(=O)OC. The van der Waals surface area contributed by atoms with E-state index in [1.54, 1.807) is 30.3 Å². The zero-order valence-electron chi connectivity index (χ0n) is 13.0. The summed E-state index contributed by atoms with van der Waals surface area (Å²) in [6.07, 6.45) is 6.48. The molecule has 5 nitrogen and oxygen atoms in total. The Labute approximate surface area is 135 Å². The Morgan fingerprint density at radius 2 is 1.91 bits per heavy atom. The molecule has 0 fully saturated rings. The summed E-state index contributed by atoms with van der Waals surface area (Å²) in [6, 6.07) is 10.9. The van der Waals surface area contributed by atoms with Gasteiger partial charge in [-0.2, -0.15) is 5.26 Å². The highest BCUT2D eigenvalue weighted by Crippen LogP contribution is 2.32. The predicted octanol–water partition coefficient (Wildman–Crippen LogP) is 2.34. The van der Waals surface area contributed by atoms with Crippen LogP contribution >= 0.6 is 0 Å². The average Bonchev–Trinajstić information content (AvgIpc) is 2.59. The Balaban J connectivity index is 3.30. The molecule has 0 aliphatic rings. The summed E-state index contributed by atoms with van der Waals surface area (Å²) in [7, 11) is 2.40. The highest BCUT2D eigenvalue weighted by atomic mass is 16.5. The molecule has 0 aromatic heterocycles. The fourth-order valence-corrected chi connectivity index (χ4v) is 2.09. The number of rotatable bonds is 6. The maximum absolute atomic E-state index is 12.0. The quantitative estimate of drug-likeness (QED) is 0.458. The molecule has 1 rings (SSSR count). The minimum Gasteiger partial charge on any atom is -0.468 e. The van der Waals surface area contributed by atoms with Crippen LogP contribution in [0.25, 0.3) is 6.08 Å². The van der Waals surface area contributed by atoms with Gasteiger partial charge in [0.05, 0.1) is 20.3 Å². The van der Waals surface area contributed by atoms with Gasteiger partial charge in [-0.3, -0.25) is 4.79 Å². The summed E-state index contributed by atoms with van der Waals surface area (Å²) in [5.41, 5.74) is -0.718. The summed E-state index contributed by atoms with van der Waals surface area (Å²) < 4.78 is 9.43. The Hall–Kier alpha value is -3.05. The van der Waals surface area contributed by atoms with Crippen molar-refractivity contribution in [3.8, 4) is 18.4 Å². The van der Waals surface area contributed by atoms with E-state index in [4.69, 9.17) is 11.2 Å². The molecule has 5 heteroatoms. The van der Waals surface area contributed by atoms with E-state index in [9.17, 15) is 14.9 Å². The van der Waals surface area contributed by atoms with Crippen LogP contribution in [0.1, 0.15) is 18.4 Å². The fraction of sp³-hybridized carbons (Fsp3) is 0.278. The van der Waals surface area contributed by atoms with E-state index < -0.39 is 17.4 Å². The summed E-state index contributed by atoms with van der Waals surface area (Å²) in [5, 5.41) is 9.45. The number of hydrogen-bond acceptors (Lipinski definition) is 5. The fourth-order valence-electron chi connectivity index (χ4n) is 2.09. The molecular formula is C18H17NO4. The van der Waals surface area contributed by atoms with Gasteiger partial charge in [0.25, 0.3) is 0 Å². The topological polar surface area (TPSA) is 76.4 Å². The van der Waals surface area contributed by atoms with Gasteiger partial charge in [0, 0.05) is 18.4 Å². The molecule has 0 bridgehead atoms. The van der Waals surface area contributed by atoms with Crippen molar-refractivity contribution >= 4 is 18.0 Å². The largest absolute Gasteiger partial charge is 0.468 e. The highest BCUT2D eigenvalue weighted by Gasteiger charge is 2.41. The van der Waals surface area contributed by atoms with Crippen LogP contribution in [0.5, 0.6) is 0 Å². The van der Waals surface area contributed by atoms with E-state index in [-0.39, 0.29) is 18.4 Å². The number of terminal acetylenes is 1. The number of nitriles is 1. The Morgan fingerprint density at radius 3 is 2.39 bits per heavy atom. The molecule has 1 atom stereocenters. The van der Waals surface area contributed by atoms with Crippen LogP contribution in [0.3, 0.4) is 0 Å². The molecule has 0 saturated heterocycles. The number of ether oxygens (including phenoxy) is 2. The number of benzene rings is 1. The van der Waals surface area contributed by atoms with Crippen molar-refractivity contribution in [1.29, 1.82) is 5.26 Å². The Kier molecular flexibility index (Phi) is 6.58. The molecule has 23 heavy (non-hydrogen) atoms. The molecule has 0 saturated carbocycles. The first kappa shape index (κ1) is 18.0. The van der Waals surface area contributed by atoms with E-state index in [0.717, 1.165) is 5.56 Å². The van der Waals surface area contributed by atoms with E-state index in [1.807, 2.05) is 12.1 Å². The molecule has 0 heterocycles. The van der Waals surface area contributed by atoms with Gasteiger partial charge in [-0.1, -0.05) is 30.3 Å². The van der Waals surface area contributed by atoms with Gasteiger partial charge in [-0.25, -0.2) is 4.79 Å². The third kappa shape index (κ3) is 4.46. The van der Waals surface area contributed by atoms with E-state index in [1.165, 1.54) is 14.2 Å². The van der Waals surface area contributed by atoms with Crippen LogP contribution < -0.4 is 0 Å². The standard InChI is InChI=1S/C18H17NO4/c1-4-10-18(13-19,17(21)23-3)12-15(16(20)22-2)11-14-8-6-5-7-9-14/h1,5-9,11H,10,12H2,2-3H3/b15-11-. The lowest BCUT2D eigenvalue weighted by molar-refractivity contribution is -0.149. The maximum Gasteiger partial charge on any atom is 0.333 e. The van der Waals surface area contributed by atoms with Gasteiger partial charge >= 0.3 is 11.9 Å². The number of carbonyl (C=O) groups is 2. The van der Waals surface area contributed by atoms with E-state index in [0.29, 0.717) is 0 Å². The van der Waals surface area contributed by atoms with E-state index >= 15 is 0 Å². The predicted molar refractivity (Wildman–Crippen MR) is 84.6 cm³/mol. The van der Waals surface area contributed by atoms with Gasteiger partial charge in [-0.15, -0.1) is 12.3 Å². The van der Waals surface area contributed by atoms with Crippen molar-refractivity contribution in [3.63, 3.8) is 0 Å². The lowest BCUT2D eigenvalue weighted by Crippen LogP contribution is -2.32. The van der Waals surface area contributed by atoms with Crippen LogP contribution in [-0.4, -0.2) is 26.2 Å². The molecule has 0 radical (unpaired) electrons. The molecule has 1 unspecified atom stereocenters. The third-order valence-corrected chi connectivity index (χ3v) is 3.27. The van der Waals surface area contributed by atoms with Gasteiger partial charge in [0.2, 0.25) is 0 Å². The lowest BCUT2D eigenvalue weighted by Gasteiger charge is -2.22. The Morgan fingerprint density at radius 1 is 1.26 bits per heavy atom. The maximum atomic E-state index is 12.0. The number of methoxy groups -OCH3 is 2. The van der Waals surface area contributed by atoms with Crippen LogP contribution in [0.15, 0.2) is 35.9 Å². The Bertz CT molecular complexity index is 679. The summed E-state index contributed by atoms with van der Waals surface area (Å²) in [4.78, 5) is 24.1. The number of hydrogen-bond donors (Lipinski definition) is 0. The second kappa shape index (κ2) is 8.41. The first-order chi connectivity index (χ1) is 11.0. The smallest absolute Gasteiger partial charge is 0.333 e. The van der Waals surface area contributed by atoms with Crippen molar-refractivity contribution in [2.24, 2.45) is 5.41 Å². The first-order valence-corrected chi connectivity index (χ1v) is 6.80. The minimum absolute atomic E-state index is 0.167. The molecule has 0 aliphatic heterocycles. The van der Waals surface area contributed by atoms with Crippen molar-refractivity contribution in [3.05, 3.63) is 41.5 Å². The van der Waals surface area contributed by atoms with Gasteiger partial charge in [-0.05, 0) is 11.6 Å². The highest BCUT2D eigenvalue weighted by molar-refractivity contribution is 5.95. The zero-order chi connectivity index (χ0) is 17.3. The van der Waals surface area contributed by atoms with Crippen LogP contribution in [-0.2, 0) is 19.1 Å². The van der Waals surface area contributed by atoms with Crippen LogP contribution in [0.2, 0.25) is 0 Å². The monoisotopic (exact) mass is 311 g/mol. The summed E-state index contributed by atoms with van der Waals surface area (Å²) in [6.45, 7) is 0. The summed E-state index contributed by atoms with van der Waals surface area (Å²) in [5.74, 6) is 0.891. The second-order valence-electron chi connectivity index (χ2n) is 4.82. The van der Waals surface area contributed by atoms with Gasteiger partial charge < -0.3 is 9.47 Å². The molecule has 118 valence electrons. The van der Waals surface area contributed by atoms with Crippen molar-refractivity contribution in [2.75, 3.05) is 14.2 Å². The number of nitrogens with zero attached hydrogens (tertiary/aromatic N) is 1.